The van der Waals surface area contributed by atoms with Gasteiger partial charge in [0.05, 0.1) is 6.26 Å². The summed E-state index contributed by atoms with van der Waals surface area (Å²) < 4.78 is 26.9. The summed E-state index contributed by atoms with van der Waals surface area (Å²) in [7, 11) is -3.19. The van der Waals surface area contributed by atoms with E-state index in [4.69, 9.17) is 0 Å². The molecule has 1 aliphatic heterocycles. The maximum Gasteiger partial charge on any atom is 0.234 e. The van der Waals surface area contributed by atoms with E-state index in [0.29, 0.717) is 18.1 Å². The Labute approximate surface area is 143 Å². The van der Waals surface area contributed by atoms with Crippen LogP contribution in [0.5, 0.6) is 0 Å². The minimum atomic E-state index is -3.19. The zero-order chi connectivity index (χ0) is 16.7. The van der Waals surface area contributed by atoms with Crippen LogP contribution in [0.3, 0.4) is 0 Å². The SMILES string of the molecule is CS(=O)(=O)N1CCCC(c2nnc3sc(-c4cccnc4)nn23)C1. The van der Waals surface area contributed by atoms with Crippen LogP contribution >= 0.6 is 11.3 Å². The first kappa shape index (κ1) is 15.6. The predicted molar refractivity (Wildman–Crippen MR) is 90.3 cm³/mol. The molecule has 0 aromatic carbocycles. The van der Waals surface area contributed by atoms with Gasteiger partial charge in [-0.1, -0.05) is 11.3 Å². The molecule has 0 radical (unpaired) electrons. The van der Waals surface area contributed by atoms with E-state index in [1.165, 1.54) is 21.9 Å². The van der Waals surface area contributed by atoms with Crippen LogP contribution in [-0.4, -0.2) is 56.9 Å². The average molecular weight is 364 g/mol. The molecule has 1 saturated heterocycles. The van der Waals surface area contributed by atoms with Crippen LogP contribution in [0.4, 0.5) is 0 Å². The topological polar surface area (TPSA) is 93.4 Å². The molecule has 0 spiro atoms. The van der Waals surface area contributed by atoms with Gasteiger partial charge in [0.2, 0.25) is 15.0 Å². The van der Waals surface area contributed by atoms with Gasteiger partial charge in [-0.15, -0.1) is 10.2 Å². The Morgan fingerprint density at radius 3 is 2.96 bits per heavy atom. The predicted octanol–water partition coefficient (Wildman–Crippen LogP) is 1.39. The average Bonchev–Trinajstić information content (AvgIpc) is 3.15. The number of nitrogens with zero attached hydrogens (tertiary/aromatic N) is 6. The first-order valence-corrected chi connectivity index (χ1v) is 10.3. The fourth-order valence-electron chi connectivity index (χ4n) is 2.95. The summed E-state index contributed by atoms with van der Waals surface area (Å²) in [6.07, 6.45) is 6.42. The number of sulfonamides is 1. The second kappa shape index (κ2) is 5.87. The Kier molecular flexibility index (Phi) is 3.82. The van der Waals surface area contributed by atoms with Gasteiger partial charge in [-0.05, 0) is 25.0 Å². The summed E-state index contributed by atoms with van der Waals surface area (Å²) >= 11 is 1.45. The van der Waals surface area contributed by atoms with Gasteiger partial charge in [0.25, 0.3) is 0 Å². The van der Waals surface area contributed by atoms with Crippen molar-refractivity contribution in [2.24, 2.45) is 0 Å². The molecule has 1 aliphatic rings. The molecule has 10 heteroatoms. The second-order valence-electron chi connectivity index (χ2n) is 5.86. The van der Waals surface area contributed by atoms with Gasteiger partial charge in [-0.2, -0.15) is 9.61 Å². The number of piperidine rings is 1. The fraction of sp³-hybridized carbons (Fsp3) is 0.429. The number of hydrogen-bond acceptors (Lipinski definition) is 7. The van der Waals surface area contributed by atoms with Crippen LogP contribution in [-0.2, 0) is 10.0 Å². The standard InChI is InChI=1S/C14H16N6O2S2/c1-24(21,22)19-7-3-5-11(9-19)12-16-17-14-20(12)18-13(23-14)10-4-2-6-15-8-10/h2,4,6,8,11H,3,5,7,9H2,1H3. The Balaban J connectivity index is 1.69. The summed E-state index contributed by atoms with van der Waals surface area (Å²) in [4.78, 5) is 4.82. The van der Waals surface area contributed by atoms with Crippen LogP contribution in [0.15, 0.2) is 24.5 Å². The van der Waals surface area contributed by atoms with Crippen molar-refractivity contribution in [3.05, 3.63) is 30.4 Å². The Morgan fingerprint density at radius 2 is 2.21 bits per heavy atom. The van der Waals surface area contributed by atoms with Crippen molar-refractivity contribution < 1.29 is 8.42 Å². The Hall–Kier alpha value is -1.91. The highest BCUT2D eigenvalue weighted by Gasteiger charge is 2.30. The number of pyridine rings is 1. The monoisotopic (exact) mass is 364 g/mol. The molecule has 0 N–H and O–H groups in total. The van der Waals surface area contributed by atoms with Crippen molar-refractivity contribution in [2.75, 3.05) is 19.3 Å². The lowest BCUT2D eigenvalue weighted by molar-refractivity contribution is 0.309. The molecule has 0 saturated carbocycles. The van der Waals surface area contributed by atoms with Crippen molar-refractivity contribution in [1.29, 1.82) is 0 Å². The summed E-state index contributed by atoms with van der Waals surface area (Å²) in [5.74, 6) is 0.733. The zero-order valence-corrected chi connectivity index (χ0v) is 14.7. The molecule has 3 aromatic rings. The highest BCUT2D eigenvalue weighted by molar-refractivity contribution is 7.88. The molecule has 1 fully saturated rings. The Bertz CT molecular complexity index is 966. The molecule has 4 rings (SSSR count). The molecule has 4 heterocycles. The molecule has 0 aliphatic carbocycles. The summed E-state index contributed by atoms with van der Waals surface area (Å²) in [5.41, 5.74) is 0.931. The van der Waals surface area contributed by atoms with Gasteiger partial charge in [0, 0.05) is 37.0 Å². The lowest BCUT2D eigenvalue weighted by Crippen LogP contribution is -2.38. The van der Waals surface area contributed by atoms with E-state index in [9.17, 15) is 8.42 Å². The van der Waals surface area contributed by atoms with Gasteiger partial charge in [0.1, 0.15) is 5.01 Å². The van der Waals surface area contributed by atoms with E-state index in [1.807, 2.05) is 12.1 Å². The molecule has 0 amide bonds. The van der Waals surface area contributed by atoms with Crippen molar-refractivity contribution in [3.63, 3.8) is 0 Å². The van der Waals surface area contributed by atoms with Gasteiger partial charge in [-0.3, -0.25) is 4.98 Å². The molecule has 1 atom stereocenters. The first-order chi connectivity index (χ1) is 11.5. The van der Waals surface area contributed by atoms with E-state index in [2.05, 4.69) is 20.3 Å². The normalized spacial score (nSPS) is 19.8. The fourth-order valence-corrected chi connectivity index (χ4v) is 4.69. The molecule has 3 aromatic heterocycles. The molecule has 8 nitrogen and oxygen atoms in total. The van der Waals surface area contributed by atoms with Gasteiger partial charge >= 0.3 is 0 Å². The van der Waals surface area contributed by atoms with Gasteiger partial charge in [0.15, 0.2) is 5.82 Å². The highest BCUT2D eigenvalue weighted by atomic mass is 32.2. The first-order valence-electron chi connectivity index (χ1n) is 7.60. The van der Waals surface area contributed by atoms with E-state index in [1.54, 1.807) is 16.9 Å². The van der Waals surface area contributed by atoms with Crippen LogP contribution in [0.2, 0.25) is 0 Å². The lowest BCUT2D eigenvalue weighted by atomic mass is 9.99. The van der Waals surface area contributed by atoms with Crippen LogP contribution in [0, 0.1) is 0 Å². The number of rotatable bonds is 3. The zero-order valence-electron chi connectivity index (χ0n) is 13.0. The third-order valence-corrected chi connectivity index (χ3v) is 6.36. The maximum atomic E-state index is 11.8. The number of fused-ring (bicyclic) bond motifs is 1. The minimum Gasteiger partial charge on any atom is -0.264 e. The molecule has 1 unspecified atom stereocenters. The molecule has 126 valence electrons. The second-order valence-corrected chi connectivity index (χ2v) is 8.80. The van der Waals surface area contributed by atoms with E-state index in [0.717, 1.165) is 29.2 Å². The summed E-state index contributed by atoms with van der Waals surface area (Å²) in [6.45, 7) is 0.995. The molecular formula is C14H16N6O2S2. The molecular weight excluding hydrogens is 348 g/mol. The van der Waals surface area contributed by atoms with Crippen LogP contribution in [0.1, 0.15) is 24.6 Å². The smallest absolute Gasteiger partial charge is 0.234 e. The van der Waals surface area contributed by atoms with E-state index < -0.39 is 10.0 Å². The van der Waals surface area contributed by atoms with E-state index >= 15 is 0 Å². The maximum absolute atomic E-state index is 11.8. The molecule has 24 heavy (non-hydrogen) atoms. The van der Waals surface area contributed by atoms with Crippen LogP contribution < -0.4 is 0 Å². The van der Waals surface area contributed by atoms with Gasteiger partial charge in [-0.25, -0.2) is 12.7 Å². The molecule has 0 bridgehead atoms. The third kappa shape index (κ3) is 2.80. The number of hydrogen-bond donors (Lipinski definition) is 0. The van der Waals surface area contributed by atoms with Crippen molar-refractivity contribution in [2.45, 2.75) is 18.8 Å². The van der Waals surface area contributed by atoms with E-state index in [-0.39, 0.29) is 5.92 Å². The van der Waals surface area contributed by atoms with Crippen molar-refractivity contribution in [3.8, 4) is 10.6 Å². The lowest BCUT2D eigenvalue weighted by Gasteiger charge is -2.29. The highest BCUT2D eigenvalue weighted by Crippen LogP contribution is 2.30. The summed E-state index contributed by atoms with van der Waals surface area (Å²) in [5, 5.41) is 13.9. The quantitative estimate of drug-likeness (QED) is 0.697. The van der Waals surface area contributed by atoms with Crippen molar-refractivity contribution in [1.82, 2.24) is 29.1 Å². The number of aromatic nitrogens is 5. The summed E-state index contributed by atoms with van der Waals surface area (Å²) in [6, 6.07) is 3.81. The Morgan fingerprint density at radius 1 is 1.33 bits per heavy atom. The van der Waals surface area contributed by atoms with Crippen molar-refractivity contribution >= 4 is 26.3 Å². The van der Waals surface area contributed by atoms with Crippen LogP contribution in [0.25, 0.3) is 15.5 Å². The largest absolute Gasteiger partial charge is 0.264 e. The van der Waals surface area contributed by atoms with Gasteiger partial charge < -0.3 is 0 Å². The third-order valence-electron chi connectivity index (χ3n) is 4.14. The minimum absolute atomic E-state index is 0.00678.